The van der Waals surface area contributed by atoms with Crippen molar-refractivity contribution in [3.8, 4) is 5.75 Å². The van der Waals surface area contributed by atoms with E-state index in [0.717, 1.165) is 5.01 Å². The highest BCUT2D eigenvalue weighted by Gasteiger charge is 2.51. The van der Waals surface area contributed by atoms with E-state index in [1.54, 1.807) is 45.9 Å². The fourth-order valence-corrected chi connectivity index (χ4v) is 4.56. The molecule has 0 saturated carbocycles. The van der Waals surface area contributed by atoms with Crippen LogP contribution in [-0.2, 0) is 28.2 Å². The van der Waals surface area contributed by atoms with Crippen molar-refractivity contribution in [2.24, 2.45) is 16.6 Å². The summed E-state index contributed by atoms with van der Waals surface area (Å²) in [5.74, 6) is -3.47. The maximum absolute atomic E-state index is 13.1. The largest absolute Gasteiger partial charge is 0.465 e. The van der Waals surface area contributed by atoms with Gasteiger partial charge in [0.2, 0.25) is 6.41 Å². The van der Waals surface area contributed by atoms with Crippen LogP contribution in [0.1, 0.15) is 34.1 Å². The van der Waals surface area contributed by atoms with Crippen molar-refractivity contribution in [3.63, 3.8) is 0 Å². The lowest BCUT2D eigenvalue weighted by atomic mass is 10.0. The second kappa shape index (κ2) is 15.7. The summed E-state index contributed by atoms with van der Waals surface area (Å²) in [7, 11) is -2.87. The summed E-state index contributed by atoms with van der Waals surface area (Å²) < 4.78 is 33.5. The van der Waals surface area contributed by atoms with Gasteiger partial charge in [0.15, 0.2) is 6.23 Å². The molecule has 5 atom stereocenters. The molecule has 5 unspecified atom stereocenters. The minimum absolute atomic E-state index is 0.00852. The Hall–Kier alpha value is -2.62. The number of hydrogen-bond donors (Lipinski definition) is 6. The first-order chi connectivity index (χ1) is 17.8. The number of carbonyl (C=O) groups excluding carboxylic acids is 2. The summed E-state index contributed by atoms with van der Waals surface area (Å²) in [6.07, 6.45) is -3.54. The quantitative estimate of drug-likeness (QED) is 0.0440. The predicted octanol–water partition coefficient (Wildman–Crippen LogP) is 0.0253. The molecule has 0 radical (unpaired) electrons. The van der Waals surface area contributed by atoms with E-state index in [0.29, 0.717) is 12.9 Å². The molecule has 1 aliphatic rings. The lowest BCUT2D eigenvalue weighted by Crippen LogP contribution is -2.55. The number of aliphatic hydroxyl groups is 3. The lowest BCUT2D eigenvalue weighted by molar-refractivity contribution is -0.347. The van der Waals surface area contributed by atoms with Gasteiger partial charge in [-0.1, -0.05) is 32.0 Å². The first-order valence-electron chi connectivity index (χ1n) is 11.7. The standard InChI is InChI=1S/C18H30N5O8P.C4H8O2/c1-4-21-32(28,30-13-8-6-5-7-9-13)31-18(26,27)14-10-12(2)17(29-14)23(11-24)22-16(25)15(19)20-3;1-4(2)6-3-5/h5-9,11-12,14,16-17,22,25-27H,4,10H2,1-3H3,(H2,19,20)(H,21,28);3-4H,1-2H3. The number of hydrogen-bond acceptors (Lipinski definition) is 12. The molecule has 0 aliphatic carbocycles. The Kier molecular flexibility index (Phi) is 13.8. The molecule has 1 saturated heterocycles. The predicted molar refractivity (Wildman–Crippen MR) is 136 cm³/mol. The van der Waals surface area contributed by atoms with Gasteiger partial charge in [0.05, 0.1) is 6.10 Å². The monoisotopic (exact) mass is 563 g/mol. The molecule has 7 N–H and O–H groups in total. The second-order valence-corrected chi connectivity index (χ2v) is 10.0. The molecule has 0 aromatic heterocycles. The number of aliphatic hydroxyl groups excluding tert-OH is 1. The number of rotatable bonds is 14. The Morgan fingerprint density at radius 1 is 1.34 bits per heavy atom. The Labute approximate surface area is 221 Å². The van der Waals surface area contributed by atoms with Crippen LogP contribution in [0.4, 0.5) is 0 Å². The van der Waals surface area contributed by atoms with Crippen LogP contribution in [-0.4, -0.2) is 83.3 Å². The first kappa shape index (κ1) is 33.4. The molecule has 0 bridgehead atoms. The van der Waals surface area contributed by atoms with Crippen molar-refractivity contribution in [1.29, 1.82) is 0 Å². The SMILES string of the molecule is CC(C)OC=O.CCNP(=O)(Oc1ccccc1)OC(O)(O)C1CC(C)C(N(C=O)NC(O)C(N)=NC)O1. The summed E-state index contributed by atoms with van der Waals surface area (Å²) >= 11 is 0. The normalized spacial score (nSPS) is 22.0. The maximum Gasteiger partial charge on any atom is 0.463 e. The number of aliphatic imine (C=N–C) groups is 1. The van der Waals surface area contributed by atoms with Gasteiger partial charge in [0.25, 0.3) is 6.47 Å². The van der Waals surface area contributed by atoms with E-state index in [-0.39, 0.29) is 30.7 Å². The van der Waals surface area contributed by atoms with Crippen LogP contribution in [0.15, 0.2) is 35.3 Å². The van der Waals surface area contributed by atoms with Gasteiger partial charge < -0.3 is 35.1 Å². The summed E-state index contributed by atoms with van der Waals surface area (Å²) in [5.41, 5.74) is 7.92. The molecule has 15 nitrogen and oxygen atoms in total. The summed E-state index contributed by atoms with van der Waals surface area (Å²) in [4.78, 5) is 24.5. The molecule has 1 aliphatic heterocycles. The Bertz CT molecular complexity index is 936. The molecule has 1 heterocycles. The van der Waals surface area contributed by atoms with E-state index in [9.17, 15) is 29.5 Å². The molecule has 38 heavy (non-hydrogen) atoms. The number of nitrogens with two attached hydrogens (primary N) is 1. The van der Waals surface area contributed by atoms with E-state index < -0.39 is 38.2 Å². The zero-order valence-electron chi connectivity index (χ0n) is 22.0. The number of amides is 1. The molecule has 1 amide bonds. The third kappa shape index (κ3) is 10.6. The average molecular weight is 564 g/mol. The van der Waals surface area contributed by atoms with Crippen molar-refractivity contribution in [2.75, 3.05) is 13.6 Å². The second-order valence-electron chi connectivity index (χ2n) is 8.37. The van der Waals surface area contributed by atoms with Crippen LogP contribution < -0.4 is 20.8 Å². The van der Waals surface area contributed by atoms with Gasteiger partial charge in [0.1, 0.15) is 23.9 Å². The number of ether oxygens (including phenoxy) is 2. The van der Waals surface area contributed by atoms with Gasteiger partial charge in [-0.05, 0) is 32.4 Å². The van der Waals surface area contributed by atoms with Crippen molar-refractivity contribution in [3.05, 3.63) is 30.3 Å². The van der Waals surface area contributed by atoms with Crippen LogP contribution in [0.2, 0.25) is 0 Å². The Balaban J connectivity index is 0.00000107. The van der Waals surface area contributed by atoms with Gasteiger partial charge in [-0.25, -0.2) is 19.2 Å². The zero-order chi connectivity index (χ0) is 28.9. The fraction of sp³-hybridized carbons (Fsp3) is 0.591. The van der Waals surface area contributed by atoms with Gasteiger partial charge in [-0.3, -0.25) is 14.6 Å². The molecule has 216 valence electrons. The van der Waals surface area contributed by atoms with Crippen molar-refractivity contribution in [1.82, 2.24) is 15.5 Å². The van der Waals surface area contributed by atoms with E-state index in [2.05, 4.69) is 20.2 Å². The number of amidine groups is 1. The smallest absolute Gasteiger partial charge is 0.463 e. The highest BCUT2D eigenvalue weighted by atomic mass is 31.2. The minimum atomic E-state index is -4.23. The van der Waals surface area contributed by atoms with Gasteiger partial charge in [-0.2, -0.15) is 5.43 Å². The third-order valence-electron chi connectivity index (χ3n) is 4.90. The Morgan fingerprint density at radius 2 is 1.97 bits per heavy atom. The van der Waals surface area contributed by atoms with Gasteiger partial charge in [0, 0.05) is 19.5 Å². The summed E-state index contributed by atoms with van der Waals surface area (Å²) in [6, 6.07) is 8.07. The zero-order valence-corrected chi connectivity index (χ0v) is 22.9. The highest BCUT2D eigenvalue weighted by Crippen LogP contribution is 2.49. The molecule has 2 rings (SSSR count). The maximum atomic E-state index is 13.1. The summed E-state index contributed by atoms with van der Waals surface area (Å²) in [5, 5.41) is 34.4. The number of benzene rings is 1. The molecular formula is C22H38N5O10P. The highest BCUT2D eigenvalue weighted by molar-refractivity contribution is 7.52. The van der Waals surface area contributed by atoms with Crippen molar-refractivity contribution >= 4 is 26.5 Å². The van der Waals surface area contributed by atoms with Crippen LogP contribution >= 0.6 is 7.75 Å². The molecule has 1 fully saturated rings. The van der Waals surface area contributed by atoms with Crippen molar-refractivity contribution < 1.29 is 48.0 Å². The minimum Gasteiger partial charge on any atom is -0.465 e. The lowest BCUT2D eigenvalue weighted by Gasteiger charge is -2.32. The summed E-state index contributed by atoms with van der Waals surface area (Å²) in [6.45, 7) is 7.50. The molecule has 0 spiro atoms. The average Bonchev–Trinajstić information content (AvgIpc) is 3.24. The number of nitrogens with zero attached hydrogens (tertiary/aromatic N) is 2. The van der Waals surface area contributed by atoms with Gasteiger partial charge in [-0.15, -0.1) is 0 Å². The van der Waals surface area contributed by atoms with E-state index in [1.165, 1.54) is 19.2 Å². The topological polar surface area (TPSA) is 214 Å². The van der Waals surface area contributed by atoms with E-state index in [1.807, 2.05) is 0 Å². The van der Waals surface area contributed by atoms with Crippen LogP contribution in [0.5, 0.6) is 5.75 Å². The van der Waals surface area contributed by atoms with Crippen LogP contribution in [0.25, 0.3) is 0 Å². The Morgan fingerprint density at radius 3 is 2.45 bits per heavy atom. The molecule has 1 aromatic rings. The first-order valence-corrected chi connectivity index (χ1v) is 13.3. The van der Waals surface area contributed by atoms with E-state index in [4.69, 9.17) is 19.5 Å². The number of nitrogens with one attached hydrogen (secondary N) is 2. The number of para-hydroxylation sites is 1. The fourth-order valence-electron chi connectivity index (χ4n) is 3.13. The number of hydrazine groups is 1. The third-order valence-corrected chi connectivity index (χ3v) is 6.56. The number of carbonyl (C=O) groups is 2. The molecule has 1 aromatic carbocycles. The van der Waals surface area contributed by atoms with Gasteiger partial charge >= 0.3 is 13.7 Å². The molecular weight excluding hydrogens is 525 g/mol. The van der Waals surface area contributed by atoms with Crippen LogP contribution in [0, 0.1) is 5.92 Å². The van der Waals surface area contributed by atoms with Crippen molar-refractivity contribution in [2.45, 2.75) is 64.8 Å². The van der Waals surface area contributed by atoms with E-state index >= 15 is 0 Å². The molecule has 16 heteroatoms. The van der Waals surface area contributed by atoms with Crippen LogP contribution in [0.3, 0.4) is 0 Å².